The lowest BCUT2D eigenvalue weighted by Gasteiger charge is -2.17. The smallest absolute Gasteiger partial charge is 0.243 e. The number of nitrogens with two attached hydrogens (primary N) is 1. The van der Waals surface area contributed by atoms with Gasteiger partial charge in [0, 0.05) is 11.3 Å². The maximum atomic E-state index is 11.5. The van der Waals surface area contributed by atoms with Crippen LogP contribution in [0, 0.1) is 0 Å². The van der Waals surface area contributed by atoms with Gasteiger partial charge in [-0.1, -0.05) is 0 Å². The van der Waals surface area contributed by atoms with Gasteiger partial charge < -0.3 is 11.1 Å². The Morgan fingerprint density at radius 2 is 1.69 bits per heavy atom. The van der Waals surface area contributed by atoms with Gasteiger partial charge >= 0.3 is 0 Å². The molecule has 4 nitrogen and oxygen atoms in total. The number of rotatable bonds is 3. The largest absolute Gasteiger partial charge is 0.325 e. The molecule has 0 spiro atoms. The molecule has 4 heteroatoms. The van der Waals surface area contributed by atoms with Gasteiger partial charge in [0.05, 0.1) is 5.54 Å². The third-order valence-corrected chi connectivity index (χ3v) is 2.13. The molecule has 0 heterocycles. The Morgan fingerprint density at radius 1 is 1.19 bits per heavy atom. The van der Waals surface area contributed by atoms with Gasteiger partial charge in [-0.05, 0) is 45.0 Å². The van der Waals surface area contributed by atoms with Crippen molar-refractivity contribution in [3.05, 3.63) is 29.8 Å². The van der Waals surface area contributed by atoms with Crippen molar-refractivity contribution in [1.29, 1.82) is 0 Å². The van der Waals surface area contributed by atoms with Crippen LogP contribution in [-0.4, -0.2) is 17.2 Å². The van der Waals surface area contributed by atoms with Crippen LogP contribution in [0.25, 0.3) is 0 Å². The minimum absolute atomic E-state index is 0.00275. The van der Waals surface area contributed by atoms with Crippen molar-refractivity contribution in [2.24, 2.45) is 5.73 Å². The zero-order valence-electron chi connectivity index (χ0n) is 9.70. The molecule has 86 valence electrons. The monoisotopic (exact) mass is 220 g/mol. The molecule has 0 aromatic heterocycles. The van der Waals surface area contributed by atoms with Crippen LogP contribution in [0.5, 0.6) is 0 Å². The molecule has 0 saturated heterocycles. The van der Waals surface area contributed by atoms with E-state index in [1.165, 1.54) is 6.92 Å². The normalized spacial score (nSPS) is 11.0. The fourth-order valence-corrected chi connectivity index (χ4v) is 1.08. The number of ketones is 1. The van der Waals surface area contributed by atoms with E-state index in [4.69, 9.17) is 5.73 Å². The minimum Gasteiger partial charge on any atom is -0.325 e. The fraction of sp³-hybridized carbons (Fsp3) is 0.333. The molecule has 1 rings (SSSR count). The molecule has 0 aliphatic heterocycles. The predicted octanol–water partition coefficient (Wildman–Crippen LogP) is 1.56. The second kappa shape index (κ2) is 4.45. The van der Waals surface area contributed by atoms with E-state index in [-0.39, 0.29) is 11.7 Å². The average Bonchev–Trinajstić information content (AvgIpc) is 2.17. The van der Waals surface area contributed by atoms with E-state index < -0.39 is 5.54 Å². The summed E-state index contributed by atoms with van der Waals surface area (Å²) in [7, 11) is 0. The highest BCUT2D eigenvalue weighted by atomic mass is 16.2. The highest BCUT2D eigenvalue weighted by Crippen LogP contribution is 2.11. The topological polar surface area (TPSA) is 72.2 Å². The van der Waals surface area contributed by atoms with Crippen LogP contribution in [0.1, 0.15) is 31.1 Å². The lowest BCUT2D eigenvalue weighted by Crippen LogP contribution is -2.45. The van der Waals surface area contributed by atoms with Gasteiger partial charge in [-0.15, -0.1) is 0 Å². The molecule has 0 aliphatic carbocycles. The Hall–Kier alpha value is -1.68. The SMILES string of the molecule is CC(=O)c1ccc(NC(=O)C(C)(C)N)cc1. The van der Waals surface area contributed by atoms with Crippen LogP contribution in [0.3, 0.4) is 0 Å². The Balaban J connectivity index is 2.77. The molecule has 0 unspecified atom stereocenters. The van der Waals surface area contributed by atoms with E-state index in [0.29, 0.717) is 11.3 Å². The summed E-state index contributed by atoms with van der Waals surface area (Å²) >= 11 is 0. The molecule has 0 saturated carbocycles. The number of anilines is 1. The molecular formula is C12H16N2O2. The molecule has 0 bridgehead atoms. The van der Waals surface area contributed by atoms with Gasteiger partial charge in [0.25, 0.3) is 0 Å². The average molecular weight is 220 g/mol. The number of Topliss-reactive ketones (excluding diaryl/α,β-unsaturated/α-hetero) is 1. The van der Waals surface area contributed by atoms with Crippen LogP contribution in [0.2, 0.25) is 0 Å². The van der Waals surface area contributed by atoms with Gasteiger partial charge in [0.1, 0.15) is 0 Å². The van der Waals surface area contributed by atoms with E-state index in [9.17, 15) is 9.59 Å². The Kier molecular flexibility index (Phi) is 3.44. The molecule has 0 fully saturated rings. The molecule has 0 aliphatic rings. The van der Waals surface area contributed by atoms with Crippen molar-refractivity contribution in [2.45, 2.75) is 26.3 Å². The first-order valence-electron chi connectivity index (χ1n) is 5.02. The third kappa shape index (κ3) is 3.17. The zero-order valence-corrected chi connectivity index (χ0v) is 9.70. The van der Waals surface area contributed by atoms with Crippen LogP contribution in [-0.2, 0) is 4.79 Å². The summed E-state index contributed by atoms with van der Waals surface area (Å²) in [5, 5.41) is 2.67. The number of carbonyl (C=O) groups excluding carboxylic acids is 2. The highest BCUT2D eigenvalue weighted by Gasteiger charge is 2.21. The van der Waals surface area contributed by atoms with Gasteiger partial charge in [0.2, 0.25) is 5.91 Å². The van der Waals surface area contributed by atoms with Crippen molar-refractivity contribution in [3.8, 4) is 0 Å². The van der Waals surface area contributed by atoms with Gasteiger partial charge in [-0.25, -0.2) is 0 Å². The maximum Gasteiger partial charge on any atom is 0.243 e. The Labute approximate surface area is 94.8 Å². The van der Waals surface area contributed by atoms with Crippen LogP contribution < -0.4 is 11.1 Å². The molecule has 1 aromatic carbocycles. The molecule has 1 aromatic rings. The lowest BCUT2D eigenvalue weighted by atomic mass is 10.1. The summed E-state index contributed by atoms with van der Waals surface area (Å²) < 4.78 is 0. The lowest BCUT2D eigenvalue weighted by molar-refractivity contribution is -0.120. The van der Waals surface area contributed by atoms with E-state index in [2.05, 4.69) is 5.32 Å². The fourth-order valence-electron chi connectivity index (χ4n) is 1.08. The zero-order chi connectivity index (χ0) is 12.3. The van der Waals surface area contributed by atoms with Crippen molar-refractivity contribution >= 4 is 17.4 Å². The number of benzene rings is 1. The summed E-state index contributed by atoms with van der Waals surface area (Å²) in [5.41, 5.74) is 5.97. The van der Waals surface area contributed by atoms with Crippen molar-refractivity contribution < 1.29 is 9.59 Å². The van der Waals surface area contributed by atoms with Gasteiger partial charge in [0.15, 0.2) is 5.78 Å². The van der Waals surface area contributed by atoms with Gasteiger partial charge in [-0.3, -0.25) is 9.59 Å². The molecular weight excluding hydrogens is 204 g/mol. The summed E-state index contributed by atoms with van der Waals surface area (Å²) in [6.45, 7) is 4.76. The number of amides is 1. The number of nitrogens with one attached hydrogen (secondary N) is 1. The number of hydrogen-bond donors (Lipinski definition) is 2. The van der Waals surface area contributed by atoms with Crippen molar-refractivity contribution in [3.63, 3.8) is 0 Å². The molecule has 0 radical (unpaired) electrons. The van der Waals surface area contributed by atoms with E-state index in [0.717, 1.165) is 0 Å². The van der Waals surface area contributed by atoms with Crippen molar-refractivity contribution in [1.82, 2.24) is 0 Å². The molecule has 3 N–H and O–H groups in total. The number of hydrogen-bond acceptors (Lipinski definition) is 3. The summed E-state index contributed by atoms with van der Waals surface area (Å²) in [4.78, 5) is 22.6. The standard InChI is InChI=1S/C12H16N2O2/c1-8(15)9-4-6-10(7-5-9)14-11(16)12(2,3)13/h4-7H,13H2,1-3H3,(H,14,16). The van der Waals surface area contributed by atoms with Crippen LogP contribution in [0.15, 0.2) is 24.3 Å². The number of carbonyl (C=O) groups is 2. The van der Waals surface area contributed by atoms with E-state index >= 15 is 0 Å². The molecule has 1 amide bonds. The molecule has 16 heavy (non-hydrogen) atoms. The maximum absolute atomic E-state index is 11.5. The third-order valence-electron chi connectivity index (χ3n) is 2.13. The van der Waals surface area contributed by atoms with Crippen LogP contribution in [0.4, 0.5) is 5.69 Å². The highest BCUT2D eigenvalue weighted by molar-refractivity contribution is 5.98. The van der Waals surface area contributed by atoms with E-state index in [1.54, 1.807) is 38.1 Å². The minimum atomic E-state index is -0.917. The first kappa shape index (κ1) is 12.4. The first-order valence-corrected chi connectivity index (χ1v) is 5.02. The van der Waals surface area contributed by atoms with Crippen LogP contribution >= 0.6 is 0 Å². The molecule has 0 atom stereocenters. The summed E-state index contributed by atoms with van der Waals surface area (Å²) in [5.74, 6) is -0.264. The summed E-state index contributed by atoms with van der Waals surface area (Å²) in [6.07, 6.45) is 0. The predicted molar refractivity (Wildman–Crippen MR) is 63.3 cm³/mol. The van der Waals surface area contributed by atoms with E-state index in [1.807, 2.05) is 0 Å². The quantitative estimate of drug-likeness (QED) is 0.759. The van der Waals surface area contributed by atoms with Gasteiger partial charge in [-0.2, -0.15) is 0 Å². The Bertz CT molecular complexity index is 402. The first-order chi connectivity index (χ1) is 7.30. The second-order valence-electron chi connectivity index (χ2n) is 4.31. The Morgan fingerprint density at radius 3 is 2.06 bits per heavy atom. The van der Waals surface area contributed by atoms with Crippen molar-refractivity contribution in [2.75, 3.05) is 5.32 Å². The second-order valence-corrected chi connectivity index (χ2v) is 4.31. The summed E-state index contributed by atoms with van der Waals surface area (Å²) in [6, 6.07) is 6.70.